The van der Waals surface area contributed by atoms with Gasteiger partial charge < -0.3 is 4.74 Å². The highest BCUT2D eigenvalue weighted by molar-refractivity contribution is 6.23. The second kappa shape index (κ2) is 7.58. The molecule has 1 saturated heterocycles. The number of carbonyl (C=O) groups is 3. The molecule has 4 aliphatic rings. The van der Waals surface area contributed by atoms with Gasteiger partial charge in [0.1, 0.15) is 5.92 Å². The van der Waals surface area contributed by atoms with Gasteiger partial charge in [-0.15, -0.1) is 0 Å². The van der Waals surface area contributed by atoms with Gasteiger partial charge in [-0.1, -0.05) is 48.5 Å². The minimum Gasteiger partial charge on any atom is -0.459 e. The molecule has 0 unspecified atom stereocenters. The van der Waals surface area contributed by atoms with Crippen LogP contribution in [-0.4, -0.2) is 28.8 Å². The molecule has 7 rings (SSSR count). The van der Waals surface area contributed by atoms with E-state index in [0.29, 0.717) is 22.3 Å². The smallest absolute Gasteiger partial charge is 0.338 e. The van der Waals surface area contributed by atoms with Crippen molar-refractivity contribution >= 4 is 23.5 Å². The van der Waals surface area contributed by atoms with Crippen molar-refractivity contribution in [2.45, 2.75) is 31.4 Å². The molecular weight excluding hydrogens is 460 g/mol. The van der Waals surface area contributed by atoms with Gasteiger partial charge in [0.2, 0.25) is 11.8 Å². The van der Waals surface area contributed by atoms with E-state index in [0.717, 1.165) is 4.90 Å². The Kier molecular flexibility index (Phi) is 4.67. The number of nitro groups is 1. The molecule has 0 N–H and O–H groups in total. The lowest BCUT2D eigenvalue weighted by atomic mass is 9.51. The summed E-state index contributed by atoms with van der Waals surface area (Å²) >= 11 is 0. The highest BCUT2D eigenvalue weighted by atomic mass is 16.6. The van der Waals surface area contributed by atoms with Crippen molar-refractivity contribution in [3.05, 3.63) is 111 Å². The van der Waals surface area contributed by atoms with Crippen LogP contribution in [0.3, 0.4) is 0 Å². The maximum Gasteiger partial charge on any atom is 0.338 e. The number of nitrogens with zero attached hydrogens (tertiary/aromatic N) is 2. The van der Waals surface area contributed by atoms with E-state index in [9.17, 15) is 24.5 Å². The molecule has 8 heteroatoms. The van der Waals surface area contributed by atoms with Gasteiger partial charge in [-0.3, -0.25) is 19.7 Å². The zero-order valence-electron chi connectivity index (χ0n) is 19.6. The Labute approximate surface area is 206 Å². The number of rotatable bonds is 4. The van der Waals surface area contributed by atoms with Crippen LogP contribution in [0.1, 0.15) is 52.4 Å². The standard InChI is InChI=1S/C28H22N2O6/c1-15(2)36-27(33)16-11-13-17(14-12-16)29-25(31)23-22-18-7-3-5-9-20(18)28(30(34)35,24(23)26(29)32)21-10-6-4-8-19(21)22/h3-15,22-24H,1-2H3/t22?,23-,24+,28?/m0/s1. The van der Waals surface area contributed by atoms with E-state index in [4.69, 9.17) is 4.74 Å². The van der Waals surface area contributed by atoms with Crippen LogP contribution >= 0.6 is 0 Å². The van der Waals surface area contributed by atoms with Gasteiger partial charge in [0.05, 0.1) is 23.3 Å². The summed E-state index contributed by atoms with van der Waals surface area (Å²) in [5, 5.41) is 13.0. The quantitative estimate of drug-likeness (QED) is 0.240. The van der Waals surface area contributed by atoms with Gasteiger partial charge >= 0.3 is 5.97 Å². The van der Waals surface area contributed by atoms with E-state index < -0.39 is 46.0 Å². The number of benzene rings is 3. The second-order valence-corrected chi connectivity index (χ2v) is 9.69. The molecule has 1 heterocycles. The molecule has 0 aromatic heterocycles. The number of imide groups is 1. The number of hydrogen-bond acceptors (Lipinski definition) is 6. The molecule has 1 fully saturated rings. The maximum absolute atomic E-state index is 13.9. The first-order chi connectivity index (χ1) is 17.3. The highest BCUT2D eigenvalue weighted by Crippen LogP contribution is 2.64. The Morgan fingerprint density at radius 3 is 2.00 bits per heavy atom. The molecule has 180 valence electrons. The van der Waals surface area contributed by atoms with E-state index in [-0.39, 0.29) is 17.4 Å². The van der Waals surface area contributed by atoms with Crippen molar-refractivity contribution in [1.82, 2.24) is 0 Å². The third kappa shape index (κ3) is 2.66. The maximum atomic E-state index is 13.9. The van der Waals surface area contributed by atoms with Crippen LogP contribution in [0, 0.1) is 22.0 Å². The molecule has 2 bridgehead atoms. The van der Waals surface area contributed by atoms with Gasteiger partial charge in [0.25, 0.3) is 5.54 Å². The number of esters is 1. The van der Waals surface area contributed by atoms with Crippen molar-refractivity contribution < 1.29 is 24.0 Å². The summed E-state index contributed by atoms with van der Waals surface area (Å²) in [5.41, 5.74) is 1.05. The van der Waals surface area contributed by atoms with Crippen molar-refractivity contribution in [1.29, 1.82) is 0 Å². The van der Waals surface area contributed by atoms with E-state index in [1.165, 1.54) is 24.3 Å². The van der Waals surface area contributed by atoms with Gasteiger partial charge in [-0.25, -0.2) is 9.69 Å². The van der Waals surface area contributed by atoms with Crippen LogP contribution in [0.2, 0.25) is 0 Å². The fraction of sp³-hybridized carbons (Fsp3) is 0.250. The Morgan fingerprint density at radius 2 is 1.47 bits per heavy atom. The first-order valence-electron chi connectivity index (χ1n) is 11.8. The van der Waals surface area contributed by atoms with E-state index in [1.807, 2.05) is 12.1 Å². The van der Waals surface area contributed by atoms with Crippen molar-refractivity contribution in [2.75, 3.05) is 4.90 Å². The van der Waals surface area contributed by atoms with Crippen LogP contribution in [0.5, 0.6) is 0 Å². The summed E-state index contributed by atoms with van der Waals surface area (Å²) in [5.74, 6) is -4.14. The summed E-state index contributed by atoms with van der Waals surface area (Å²) in [6.07, 6.45) is -0.293. The van der Waals surface area contributed by atoms with Crippen molar-refractivity contribution in [3.63, 3.8) is 0 Å². The summed E-state index contributed by atoms with van der Waals surface area (Å²) in [7, 11) is 0. The summed E-state index contributed by atoms with van der Waals surface area (Å²) < 4.78 is 5.21. The molecule has 0 spiro atoms. The molecule has 36 heavy (non-hydrogen) atoms. The van der Waals surface area contributed by atoms with Crippen LogP contribution in [0.4, 0.5) is 5.69 Å². The fourth-order valence-corrected chi connectivity index (χ4v) is 6.33. The average Bonchev–Trinajstić information content (AvgIpc) is 3.14. The summed E-state index contributed by atoms with van der Waals surface area (Å²) in [6, 6.07) is 20.1. The van der Waals surface area contributed by atoms with Gasteiger partial charge in [0.15, 0.2) is 0 Å². The molecule has 2 amide bonds. The molecule has 1 aliphatic heterocycles. The fourth-order valence-electron chi connectivity index (χ4n) is 6.33. The van der Waals surface area contributed by atoms with Crippen LogP contribution in [0.15, 0.2) is 72.8 Å². The average molecular weight is 482 g/mol. The lowest BCUT2D eigenvalue weighted by Gasteiger charge is -2.48. The van der Waals surface area contributed by atoms with E-state index >= 15 is 0 Å². The second-order valence-electron chi connectivity index (χ2n) is 9.69. The SMILES string of the molecule is CC(C)OC(=O)c1ccc(N2C(=O)[C@H]3C4c5ccccc5C([N+](=O)[O-])(c5ccccc54)[C@H]3C2=O)cc1. The number of hydrogen-bond donors (Lipinski definition) is 0. The number of amides is 2. The summed E-state index contributed by atoms with van der Waals surface area (Å²) in [6.45, 7) is 3.48. The van der Waals surface area contributed by atoms with E-state index in [2.05, 4.69) is 0 Å². The minimum absolute atomic E-state index is 0.270. The first-order valence-corrected chi connectivity index (χ1v) is 11.8. The van der Waals surface area contributed by atoms with Crippen LogP contribution in [0.25, 0.3) is 0 Å². The lowest BCUT2D eigenvalue weighted by molar-refractivity contribution is -0.578. The third-order valence-corrected chi connectivity index (χ3v) is 7.57. The predicted molar refractivity (Wildman–Crippen MR) is 129 cm³/mol. The molecule has 0 radical (unpaired) electrons. The Morgan fingerprint density at radius 1 is 0.917 bits per heavy atom. The van der Waals surface area contributed by atoms with Crippen molar-refractivity contribution in [2.24, 2.45) is 11.8 Å². The number of carbonyl (C=O) groups excluding carboxylic acids is 3. The Hall–Kier alpha value is -4.33. The predicted octanol–water partition coefficient (Wildman–Crippen LogP) is 4.04. The Bertz CT molecular complexity index is 1410. The highest BCUT2D eigenvalue weighted by Gasteiger charge is 2.74. The normalized spacial score (nSPS) is 25.4. The lowest BCUT2D eigenvalue weighted by Crippen LogP contribution is -2.57. The van der Waals surface area contributed by atoms with Gasteiger partial charge in [0, 0.05) is 22.0 Å². The molecule has 3 aromatic rings. The van der Waals surface area contributed by atoms with Crippen LogP contribution in [-0.2, 0) is 19.9 Å². The van der Waals surface area contributed by atoms with Gasteiger partial charge in [-0.2, -0.15) is 0 Å². The molecule has 8 nitrogen and oxygen atoms in total. The molecule has 0 saturated carbocycles. The third-order valence-electron chi connectivity index (χ3n) is 7.57. The van der Waals surface area contributed by atoms with Gasteiger partial charge in [-0.05, 0) is 49.2 Å². The number of anilines is 1. The molecule has 3 aliphatic carbocycles. The zero-order valence-corrected chi connectivity index (χ0v) is 19.6. The van der Waals surface area contributed by atoms with Crippen molar-refractivity contribution in [3.8, 4) is 0 Å². The molecule has 3 aromatic carbocycles. The van der Waals surface area contributed by atoms with Crippen LogP contribution < -0.4 is 4.90 Å². The number of ether oxygens (including phenoxy) is 1. The topological polar surface area (TPSA) is 107 Å². The largest absolute Gasteiger partial charge is 0.459 e. The summed E-state index contributed by atoms with van der Waals surface area (Å²) in [4.78, 5) is 53.7. The zero-order chi connectivity index (χ0) is 25.4. The Balaban J connectivity index is 1.50. The minimum atomic E-state index is -1.87. The van der Waals surface area contributed by atoms with E-state index in [1.54, 1.807) is 50.2 Å². The molecule has 2 atom stereocenters. The first kappa shape index (κ1) is 22.2. The monoisotopic (exact) mass is 482 g/mol. The molecular formula is C28H22N2O6.